The summed E-state index contributed by atoms with van der Waals surface area (Å²) < 4.78 is 5.93. The number of hydrogen-bond donors (Lipinski definition) is 1. The highest BCUT2D eigenvalue weighted by atomic mass is 16.5. The number of rotatable bonds is 6. The fourth-order valence-electron chi connectivity index (χ4n) is 2.08. The second-order valence-corrected chi connectivity index (χ2v) is 4.52. The third-order valence-corrected chi connectivity index (χ3v) is 3.04. The van der Waals surface area contributed by atoms with Crippen molar-refractivity contribution < 1.29 is 4.74 Å². The summed E-state index contributed by atoms with van der Waals surface area (Å²) in [5.41, 5.74) is 9.03. The van der Waals surface area contributed by atoms with Crippen LogP contribution in [-0.2, 0) is 12.8 Å². The van der Waals surface area contributed by atoms with Gasteiger partial charge in [-0.05, 0) is 43.1 Å². The van der Waals surface area contributed by atoms with Crippen LogP contribution in [0.1, 0.15) is 16.8 Å². The number of ether oxygens (including phenoxy) is 1. The standard InChI is InChI=1S/C16H20N2O/c1-13-5-4-6-14(8-10-17)16(13)19-12-9-15-7-2-3-11-18-15/h2-7,11H,8-10,12,17H2,1H3. The number of nitrogens with two attached hydrogens (primary N) is 1. The molecule has 0 amide bonds. The van der Waals surface area contributed by atoms with E-state index in [4.69, 9.17) is 10.5 Å². The number of para-hydroxylation sites is 1. The number of benzene rings is 1. The van der Waals surface area contributed by atoms with E-state index in [1.807, 2.05) is 30.5 Å². The molecule has 0 unspecified atom stereocenters. The molecule has 100 valence electrons. The molecule has 2 aromatic rings. The van der Waals surface area contributed by atoms with E-state index in [9.17, 15) is 0 Å². The topological polar surface area (TPSA) is 48.1 Å². The molecular weight excluding hydrogens is 236 g/mol. The van der Waals surface area contributed by atoms with Crippen LogP contribution >= 0.6 is 0 Å². The van der Waals surface area contributed by atoms with E-state index < -0.39 is 0 Å². The molecular formula is C16H20N2O. The minimum atomic E-state index is 0.638. The lowest BCUT2D eigenvalue weighted by molar-refractivity contribution is 0.315. The minimum absolute atomic E-state index is 0.638. The highest BCUT2D eigenvalue weighted by Crippen LogP contribution is 2.23. The molecule has 0 spiro atoms. The number of hydrogen-bond acceptors (Lipinski definition) is 3. The van der Waals surface area contributed by atoms with Crippen molar-refractivity contribution in [3.8, 4) is 5.75 Å². The highest BCUT2D eigenvalue weighted by molar-refractivity contribution is 5.41. The maximum Gasteiger partial charge on any atom is 0.125 e. The summed E-state index contributed by atoms with van der Waals surface area (Å²) in [7, 11) is 0. The Morgan fingerprint density at radius 3 is 2.74 bits per heavy atom. The quantitative estimate of drug-likeness (QED) is 0.864. The van der Waals surface area contributed by atoms with Crippen LogP contribution in [0.2, 0.25) is 0 Å². The fraction of sp³-hybridized carbons (Fsp3) is 0.312. The molecule has 0 aliphatic carbocycles. The summed E-state index contributed by atoms with van der Waals surface area (Å²) in [4.78, 5) is 4.29. The van der Waals surface area contributed by atoms with Crippen LogP contribution in [-0.4, -0.2) is 18.1 Å². The van der Waals surface area contributed by atoms with E-state index >= 15 is 0 Å². The average Bonchev–Trinajstić information content (AvgIpc) is 2.43. The zero-order valence-electron chi connectivity index (χ0n) is 11.3. The molecule has 0 aliphatic heterocycles. The Morgan fingerprint density at radius 2 is 2.00 bits per heavy atom. The van der Waals surface area contributed by atoms with Gasteiger partial charge in [-0.25, -0.2) is 0 Å². The Labute approximate surface area is 114 Å². The summed E-state index contributed by atoms with van der Waals surface area (Å²) in [5, 5.41) is 0. The van der Waals surface area contributed by atoms with Crippen molar-refractivity contribution in [2.24, 2.45) is 5.73 Å². The monoisotopic (exact) mass is 256 g/mol. The molecule has 0 atom stereocenters. The number of aryl methyl sites for hydroxylation is 1. The van der Waals surface area contributed by atoms with Gasteiger partial charge in [-0.1, -0.05) is 24.3 Å². The number of pyridine rings is 1. The van der Waals surface area contributed by atoms with Crippen LogP contribution in [0.5, 0.6) is 5.75 Å². The zero-order valence-corrected chi connectivity index (χ0v) is 11.3. The molecule has 2 rings (SSSR count). The van der Waals surface area contributed by atoms with E-state index in [2.05, 4.69) is 24.0 Å². The molecule has 0 bridgehead atoms. The highest BCUT2D eigenvalue weighted by Gasteiger charge is 2.06. The molecule has 0 saturated carbocycles. The van der Waals surface area contributed by atoms with Gasteiger partial charge in [-0.3, -0.25) is 4.98 Å². The Morgan fingerprint density at radius 1 is 1.11 bits per heavy atom. The third-order valence-electron chi connectivity index (χ3n) is 3.04. The Hall–Kier alpha value is -1.87. The third kappa shape index (κ3) is 3.80. The number of aromatic nitrogens is 1. The van der Waals surface area contributed by atoms with E-state index in [1.165, 1.54) is 5.56 Å². The van der Waals surface area contributed by atoms with Crippen molar-refractivity contribution in [1.82, 2.24) is 4.98 Å². The first-order valence-electron chi connectivity index (χ1n) is 6.62. The van der Waals surface area contributed by atoms with E-state index in [0.29, 0.717) is 13.2 Å². The molecule has 19 heavy (non-hydrogen) atoms. The predicted molar refractivity (Wildman–Crippen MR) is 77.4 cm³/mol. The molecule has 2 N–H and O–H groups in total. The molecule has 0 radical (unpaired) electrons. The molecule has 1 aromatic heterocycles. The lowest BCUT2D eigenvalue weighted by Gasteiger charge is -2.13. The second-order valence-electron chi connectivity index (χ2n) is 4.52. The normalized spacial score (nSPS) is 10.4. The van der Waals surface area contributed by atoms with Crippen LogP contribution in [0.15, 0.2) is 42.6 Å². The van der Waals surface area contributed by atoms with Crippen molar-refractivity contribution in [2.75, 3.05) is 13.2 Å². The smallest absolute Gasteiger partial charge is 0.125 e. The average molecular weight is 256 g/mol. The van der Waals surface area contributed by atoms with Crippen LogP contribution in [0, 0.1) is 6.92 Å². The largest absolute Gasteiger partial charge is 0.493 e. The van der Waals surface area contributed by atoms with Gasteiger partial charge in [0.2, 0.25) is 0 Å². The van der Waals surface area contributed by atoms with Crippen LogP contribution in [0.4, 0.5) is 0 Å². The molecule has 0 saturated heterocycles. The van der Waals surface area contributed by atoms with Gasteiger partial charge in [0.25, 0.3) is 0 Å². The first kappa shape index (κ1) is 13.6. The maximum absolute atomic E-state index is 5.93. The van der Waals surface area contributed by atoms with Gasteiger partial charge >= 0.3 is 0 Å². The van der Waals surface area contributed by atoms with Crippen molar-refractivity contribution in [3.63, 3.8) is 0 Å². The molecule has 1 aromatic carbocycles. The van der Waals surface area contributed by atoms with Gasteiger partial charge in [0.15, 0.2) is 0 Å². The zero-order chi connectivity index (χ0) is 13.5. The van der Waals surface area contributed by atoms with Gasteiger partial charge in [0.05, 0.1) is 6.61 Å². The summed E-state index contributed by atoms with van der Waals surface area (Å²) in [6.07, 6.45) is 3.47. The van der Waals surface area contributed by atoms with E-state index in [1.54, 1.807) is 0 Å². The lowest BCUT2D eigenvalue weighted by atomic mass is 10.1. The Kier molecular flexibility index (Phi) is 4.93. The Bertz CT molecular complexity index is 511. The summed E-state index contributed by atoms with van der Waals surface area (Å²) in [5.74, 6) is 0.976. The SMILES string of the molecule is Cc1cccc(CCN)c1OCCc1ccccn1. The first-order chi connectivity index (χ1) is 9.31. The van der Waals surface area contributed by atoms with Gasteiger partial charge in [0.1, 0.15) is 5.75 Å². The van der Waals surface area contributed by atoms with Crippen molar-refractivity contribution in [3.05, 3.63) is 59.4 Å². The van der Waals surface area contributed by atoms with Crippen LogP contribution in [0.3, 0.4) is 0 Å². The van der Waals surface area contributed by atoms with Gasteiger partial charge in [-0.2, -0.15) is 0 Å². The minimum Gasteiger partial charge on any atom is -0.493 e. The molecule has 3 nitrogen and oxygen atoms in total. The first-order valence-corrected chi connectivity index (χ1v) is 6.62. The number of nitrogens with zero attached hydrogens (tertiary/aromatic N) is 1. The maximum atomic E-state index is 5.93. The molecule has 3 heteroatoms. The van der Waals surface area contributed by atoms with Crippen LogP contribution in [0.25, 0.3) is 0 Å². The molecule has 0 aliphatic rings. The molecule has 0 fully saturated rings. The fourth-order valence-corrected chi connectivity index (χ4v) is 2.08. The van der Waals surface area contributed by atoms with Gasteiger partial charge in [0, 0.05) is 18.3 Å². The van der Waals surface area contributed by atoms with Crippen molar-refractivity contribution in [1.29, 1.82) is 0 Å². The predicted octanol–water partition coefficient (Wildman–Crippen LogP) is 2.51. The summed E-state index contributed by atoms with van der Waals surface area (Å²) in [6.45, 7) is 3.34. The van der Waals surface area contributed by atoms with Gasteiger partial charge in [-0.15, -0.1) is 0 Å². The van der Waals surface area contributed by atoms with Crippen LogP contribution < -0.4 is 10.5 Å². The van der Waals surface area contributed by atoms with Crippen molar-refractivity contribution in [2.45, 2.75) is 19.8 Å². The Balaban J connectivity index is 1.99. The summed E-state index contributed by atoms with van der Waals surface area (Å²) >= 11 is 0. The molecule has 1 heterocycles. The lowest BCUT2D eigenvalue weighted by Crippen LogP contribution is -2.08. The summed E-state index contributed by atoms with van der Waals surface area (Å²) in [6, 6.07) is 12.1. The second kappa shape index (κ2) is 6.90. The van der Waals surface area contributed by atoms with Crippen molar-refractivity contribution >= 4 is 0 Å². The van der Waals surface area contributed by atoms with E-state index in [-0.39, 0.29) is 0 Å². The van der Waals surface area contributed by atoms with E-state index in [0.717, 1.165) is 29.8 Å². The van der Waals surface area contributed by atoms with Gasteiger partial charge < -0.3 is 10.5 Å².